The summed E-state index contributed by atoms with van der Waals surface area (Å²) in [6, 6.07) is 5.61. The Morgan fingerprint density at radius 2 is 2.14 bits per heavy atom. The molecule has 0 saturated heterocycles. The lowest BCUT2D eigenvalue weighted by Gasteiger charge is -2.04. The summed E-state index contributed by atoms with van der Waals surface area (Å²) >= 11 is 8.14. The van der Waals surface area contributed by atoms with E-state index < -0.39 is 0 Å². The fourth-order valence-corrected chi connectivity index (χ4v) is 1.80. The topological polar surface area (TPSA) is 35.0 Å². The zero-order valence-corrected chi connectivity index (χ0v) is 10.2. The van der Waals surface area contributed by atoms with E-state index in [9.17, 15) is 0 Å². The Hall–Kier alpha value is -0.620. The average Bonchev–Trinajstić information content (AvgIpc) is 2.23. The molecule has 0 aliphatic heterocycles. The highest BCUT2D eigenvalue weighted by atomic mass is 127. The number of ether oxygens (including phenoxy) is 1. The molecule has 0 spiro atoms. The molecule has 0 atom stereocenters. The van der Waals surface area contributed by atoms with Crippen LogP contribution in [-0.4, -0.2) is 17.3 Å². The van der Waals surface area contributed by atoms with Gasteiger partial charge in [0.15, 0.2) is 0 Å². The van der Waals surface area contributed by atoms with E-state index in [1.54, 1.807) is 7.11 Å². The number of halogens is 2. The lowest BCUT2D eigenvalue weighted by Crippen LogP contribution is -1.93. The van der Waals surface area contributed by atoms with Crippen LogP contribution in [0.1, 0.15) is 0 Å². The van der Waals surface area contributed by atoms with Gasteiger partial charge < -0.3 is 4.74 Å². The van der Waals surface area contributed by atoms with Gasteiger partial charge in [-0.3, -0.25) is 0 Å². The van der Waals surface area contributed by atoms with Gasteiger partial charge in [-0.25, -0.2) is 0 Å². The second-order valence-electron chi connectivity index (χ2n) is 2.66. The van der Waals surface area contributed by atoms with Crippen LogP contribution in [0.5, 0.6) is 5.75 Å². The van der Waals surface area contributed by atoms with Crippen molar-refractivity contribution < 1.29 is 4.74 Å². The van der Waals surface area contributed by atoms with Crippen molar-refractivity contribution in [3.05, 3.63) is 26.9 Å². The van der Waals surface area contributed by atoms with Gasteiger partial charge in [0, 0.05) is 5.39 Å². The van der Waals surface area contributed by atoms with E-state index in [-0.39, 0.29) is 0 Å². The summed E-state index contributed by atoms with van der Waals surface area (Å²) in [5, 5.41) is 9.47. The lowest BCUT2D eigenvalue weighted by atomic mass is 10.2. The van der Waals surface area contributed by atoms with Gasteiger partial charge in [0.2, 0.25) is 0 Å². The van der Waals surface area contributed by atoms with Gasteiger partial charge in [0.25, 0.3) is 0 Å². The first-order valence-electron chi connectivity index (χ1n) is 3.88. The minimum Gasteiger partial charge on any atom is -0.494 e. The fourth-order valence-electron chi connectivity index (χ4n) is 1.22. The molecule has 0 N–H and O–H groups in total. The molecule has 5 heteroatoms. The van der Waals surface area contributed by atoms with E-state index in [0.29, 0.717) is 20.0 Å². The third kappa shape index (κ3) is 1.52. The van der Waals surface area contributed by atoms with Gasteiger partial charge >= 0.3 is 0 Å². The fraction of sp³-hybridized carbons (Fsp3) is 0.111. The number of methoxy groups -OCH3 is 1. The average molecular weight is 321 g/mol. The molecule has 0 aliphatic rings. The van der Waals surface area contributed by atoms with Crippen molar-refractivity contribution >= 4 is 45.1 Å². The van der Waals surface area contributed by atoms with Crippen molar-refractivity contribution in [3.63, 3.8) is 0 Å². The minimum atomic E-state index is 0.620. The molecule has 0 bridgehead atoms. The first-order valence-corrected chi connectivity index (χ1v) is 5.34. The largest absolute Gasteiger partial charge is 0.494 e. The number of nitrogens with zero attached hydrogens (tertiary/aromatic N) is 2. The van der Waals surface area contributed by atoms with E-state index in [4.69, 9.17) is 16.3 Å². The Labute approximate surface area is 99.6 Å². The van der Waals surface area contributed by atoms with Crippen LogP contribution in [0.15, 0.2) is 18.2 Å². The number of fused-ring (bicyclic) bond motifs is 1. The number of hydrogen-bond acceptors (Lipinski definition) is 3. The Bertz CT molecular complexity index is 489. The molecule has 14 heavy (non-hydrogen) atoms. The zero-order chi connectivity index (χ0) is 10.1. The predicted molar refractivity (Wildman–Crippen MR) is 63.8 cm³/mol. The van der Waals surface area contributed by atoms with Gasteiger partial charge in [0.05, 0.1) is 12.1 Å². The Morgan fingerprint density at radius 3 is 2.86 bits per heavy atom. The predicted octanol–water partition coefficient (Wildman–Crippen LogP) is 2.90. The van der Waals surface area contributed by atoms with Crippen molar-refractivity contribution in [2.75, 3.05) is 7.11 Å². The first kappa shape index (κ1) is 9.92. The second kappa shape index (κ2) is 3.86. The van der Waals surface area contributed by atoms with Gasteiger partial charge in [-0.2, -0.15) is 0 Å². The smallest absolute Gasteiger partial charge is 0.147 e. The molecule has 1 aromatic carbocycles. The first-order chi connectivity index (χ1) is 6.74. The Balaban J connectivity index is 2.86. The molecule has 72 valence electrons. The SMILES string of the molecule is COc1cccc2c(Cl)c(I)nnc12. The number of aromatic nitrogens is 2. The zero-order valence-electron chi connectivity index (χ0n) is 7.29. The van der Waals surface area contributed by atoms with Crippen molar-refractivity contribution in [3.8, 4) is 5.75 Å². The summed E-state index contributed by atoms with van der Waals surface area (Å²) < 4.78 is 5.86. The second-order valence-corrected chi connectivity index (χ2v) is 4.06. The van der Waals surface area contributed by atoms with Crippen molar-refractivity contribution in [1.29, 1.82) is 0 Å². The summed E-state index contributed by atoms with van der Waals surface area (Å²) in [7, 11) is 1.60. The Kier molecular flexibility index (Phi) is 2.73. The van der Waals surface area contributed by atoms with Crippen molar-refractivity contribution in [2.45, 2.75) is 0 Å². The monoisotopic (exact) mass is 320 g/mol. The van der Waals surface area contributed by atoms with E-state index in [2.05, 4.69) is 10.2 Å². The van der Waals surface area contributed by atoms with Crippen LogP contribution in [-0.2, 0) is 0 Å². The highest BCUT2D eigenvalue weighted by molar-refractivity contribution is 14.1. The summed E-state index contributed by atoms with van der Waals surface area (Å²) in [6.07, 6.45) is 0. The highest BCUT2D eigenvalue weighted by Gasteiger charge is 2.09. The van der Waals surface area contributed by atoms with Crippen LogP contribution in [0.3, 0.4) is 0 Å². The molecule has 1 aromatic heterocycles. The van der Waals surface area contributed by atoms with Crippen LogP contribution >= 0.6 is 34.2 Å². The number of hydrogen-bond donors (Lipinski definition) is 0. The quantitative estimate of drug-likeness (QED) is 0.758. The van der Waals surface area contributed by atoms with Crippen LogP contribution in [0.4, 0.5) is 0 Å². The molecule has 0 unspecified atom stereocenters. The third-order valence-corrected chi connectivity index (χ3v) is 3.33. The molecule has 0 radical (unpaired) electrons. The molecule has 0 aliphatic carbocycles. The van der Waals surface area contributed by atoms with Gasteiger partial charge in [-0.15, -0.1) is 10.2 Å². The van der Waals surface area contributed by atoms with Gasteiger partial charge in [-0.1, -0.05) is 23.7 Å². The summed E-state index contributed by atoms with van der Waals surface area (Å²) in [5.74, 6) is 0.688. The minimum absolute atomic E-state index is 0.620. The third-order valence-electron chi connectivity index (χ3n) is 1.87. The Morgan fingerprint density at radius 1 is 1.36 bits per heavy atom. The van der Waals surface area contributed by atoms with E-state index >= 15 is 0 Å². The lowest BCUT2D eigenvalue weighted by molar-refractivity contribution is 0.418. The van der Waals surface area contributed by atoms with Crippen molar-refractivity contribution in [1.82, 2.24) is 10.2 Å². The van der Waals surface area contributed by atoms with Crippen LogP contribution in [0, 0.1) is 3.70 Å². The molecule has 3 nitrogen and oxygen atoms in total. The van der Waals surface area contributed by atoms with E-state index in [0.717, 1.165) is 5.39 Å². The maximum Gasteiger partial charge on any atom is 0.147 e. The summed E-state index contributed by atoms with van der Waals surface area (Å²) in [5.41, 5.74) is 0.695. The van der Waals surface area contributed by atoms with E-state index in [1.165, 1.54) is 0 Å². The molecule has 0 fully saturated rings. The maximum absolute atomic E-state index is 6.09. The number of benzene rings is 1. The molecular formula is C9H6ClIN2O. The molecule has 2 rings (SSSR count). The van der Waals surface area contributed by atoms with Crippen LogP contribution < -0.4 is 4.74 Å². The molecule has 1 heterocycles. The van der Waals surface area contributed by atoms with Crippen LogP contribution in [0.2, 0.25) is 5.02 Å². The summed E-state index contributed by atoms with van der Waals surface area (Å²) in [6.45, 7) is 0. The summed E-state index contributed by atoms with van der Waals surface area (Å²) in [4.78, 5) is 0. The molecule has 0 saturated carbocycles. The normalized spacial score (nSPS) is 10.5. The van der Waals surface area contributed by atoms with Gasteiger partial charge in [-0.05, 0) is 28.7 Å². The van der Waals surface area contributed by atoms with Crippen LogP contribution in [0.25, 0.3) is 10.9 Å². The highest BCUT2D eigenvalue weighted by Crippen LogP contribution is 2.30. The van der Waals surface area contributed by atoms with Gasteiger partial charge in [0.1, 0.15) is 15.0 Å². The van der Waals surface area contributed by atoms with Crippen molar-refractivity contribution in [2.24, 2.45) is 0 Å². The molecular weight excluding hydrogens is 314 g/mol. The van der Waals surface area contributed by atoms with E-state index in [1.807, 2.05) is 40.8 Å². The standard InChI is InChI=1S/C9H6ClIN2O/c1-14-6-4-2-3-5-7(10)9(11)13-12-8(5)6/h2-4H,1H3. The molecule has 2 aromatic rings. The number of rotatable bonds is 1. The molecule has 0 amide bonds. The maximum atomic E-state index is 6.09.